The van der Waals surface area contributed by atoms with Gasteiger partial charge in [-0.1, -0.05) is 6.07 Å². The highest BCUT2D eigenvalue weighted by Gasteiger charge is 2.05. The van der Waals surface area contributed by atoms with Crippen molar-refractivity contribution >= 4 is 11.1 Å². The van der Waals surface area contributed by atoms with Gasteiger partial charge >= 0.3 is 5.76 Å². The smallest absolute Gasteiger partial charge is 0.408 e. The Morgan fingerprint density at radius 1 is 1.47 bits per heavy atom. The van der Waals surface area contributed by atoms with E-state index in [9.17, 15) is 4.79 Å². The van der Waals surface area contributed by atoms with Crippen LogP contribution in [0.2, 0.25) is 0 Å². The molecule has 5 nitrogen and oxygen atoms in total. The molecule has 0 aliphatic carbocycles. The van der Waals surface area contributed by atoms with Gasteiger partial charge in [0.2, 0.25) is 0 Å². The van der Waals surface area contributed by atoms with Crippen LogP contribution >= 0.6 is 0 Å². The molecule has 0 spiro atoms. The van der Waals surface area contributed by atoms with Gasteiger partial charge in [0.15, 0.2) is 5.58 Å². The van der Waals surface area contributed by atoms with E-state index in [0.717, 1.165) is 24.0 Å². The Balaban J connectivity index is 2.14. The summed E-state index contributed by atoms with van der Waals surface area (Å²) in [7, 11) is 3.36. The second-order valence-electron chi connectivity index (χ2n) is 3.91. The highest BCUT2D eigenvalue weighted by molar-refractivity contribution is 5.73. The van der Waals surface area contributed by atoms with Crippen molar-refractivity contribution in [2.24, 2.45) is 7.05 Å². The van der Waals surface area contributed by atoms with Crippen molar-refractivity contribution < 1.29 is 9.15 Å². The molecule has 0 bridgehead atoms. The van der Waals surface area contributed by atoms with Crippen molar-refractivity contribution in [2.75, 3.05) is 20.4 Å². The maximum absolute atomic E-state index is 11.3. The third-order valence-electron chi connectivity index (χ3n) is 2.69. The molecule has 0 radical (unpaired) electrons. The molecular weight excluding hydrogens is 220 g/mol. The van der Waals surface area contributed by atoms with E-state index in [4.69, 9.17) is 9.15 Å². The minimum absolute atomic E-state index is 0.324. The van der Waals surface area contributed by atoms with Gasteiger partial charge in [0, 0.05) is 20.7 Å². The number of hydrogen-bond donors (Lipinski definition) is 1. The molecular formula is C12H16N2O3. The van der Waals surface area contributed by atoms with Crippen LogP contribution in [-0.2, 0) is 18.2 Å². The number of aromatic nitrogens is 1. The second-order valence-corrected chi connectivity index (χ2v) is 3.91. The van der Waals surface area contributed by atoms with E-state index < -0.39 is 0 Å². The average molecular weight is 236 g/mol. The molecule has 2 rings (SSSR count). The van der Waals surface area contributed by atoms with Crippen molar-refractivity contribution in [1.29, 1.82) is 0 Å². The molecule has 1 heterocycles. The second kappa shape index (κ2) is 5.16. The summed E-state index contributed by atoms with van der Waals surface area (Å²) in [6.45, 7) is 1.39. The van der Waals surface area contributed by atoms with E-state index in [1.807, 2.05) is 18.2 Å². The fourth-order valence-corrected chi connectivity index (χ4v) is 1.73. The summed E-state index contributed by atoms with van der Waals surface area (Å²) in [5.41, 5.74) is 2.63. The number of hydrogen-bond acceptors (Lipinski definition) is 4. The van der Waals surface area contributed by atoms with Crippen molar-refractivity contribution in [3.8, 4) is 0 Å². The van der Waals surface area contributed by atoms with E-state index in [1.165, 1.54) is 4.57 Å². The van der Waals surface area contributed by atoms with E-state index in [2.05, 4.69) is 5.32 Å². The molecule has 1 aromatic heterocycles. The number of nitrogens with zero attached hydrogens (tertiary/aromatic N) is 1. The minimum atomic E-state index is -0.324. The number of benzene rings is 1. The number of methoxy groups -OCH3 is 1. The Morgan fingerprint density at radius 2 is 2.29 bits per heavy atom. The predicted molar refractivity (Wildman–Crippen MR) is 65.0 cm³/mol. The van der Waals surface area contributed by atoms with E-state index >= 15 is 0 Å². The SMILES string of the molecule is COCNCCc1ccc2oc(=O)n(C)c2c1. The zero-order valence-corrected chi connectivity index (χ0v) is 10.0. The van der Waals surface area contributed by atoms with Crippen LogP contribution in [0.15, 0.2) is 27.4 Å². The molecule has 0 aliphatic rings. The first-order chi connectivity index (χ1) is 8.22. The molecule has 17 heavy (non-hydrogen) atoms. The molecule has 5 heteroatoms. The number of nitrogens with one attached hydrogen (secondary N) is 1. The van der Waals surface area contributed by atoms with Gasteiger partial charge in [-0.3, -0.25) is 9.88 Å². The average Bonchev–Trinajstić information content (AvgIpc) is 2.61. The molecule has 2 aromatic rings. The molecule has 92 valence electrons. The lowest BCUT2D eigenvalue weighted by Crippen LogP contribution is -2.19. The quantitative estimate of drug-likeness (QED) is 0.618. The lowest BCUT2D eigenvalue weighted by molar-refractivity contribution is 0.176. The number of fused-ring (bicyclic) bond motifs is 1. The van der Waals surface area contributed by atoms with E-state index in [-0.39, 0.29) is 5.76 Å². The third kappa shape index (κ3) is 2.57. The van der Waals surface area contributed by atoms with Gasteiger partial charge in [-0.25, -0.2) is 4.79 Å². The Bertz CT molecular complexity index is 556. The molecule has 0 amide bonds. The van der Waals surface area contributed by atoms with Crippen molar-refractivity contribution in [3.63, 3.8) is 0 Å². The topological polar surface area (TPSA) is 56.4 Å². The number of ether oxygens (including phenoxy) is 1. The third-order valence-corrected chi connectivity index (χ3v) is 2.69. The number of aryl methyl sites for hydroxylation is 1. The maximum atomic E-state index is 11.3. The first kappa shape index (κ1) is 11.9. The molecule has 0 atom stereocenters. The highest BCUT2D eigenvalue weighted by Crippen LogP contribution is 2.14. The zero-order valence-electron chi connectivity index (χ0n) is 10.0. The molecule has 0 saturated carbocycles. The summed E-state index contributed by atoms with van der Waals surface area (Å²) in [6, 6.07) is 5.79. The lowest BCUT2D eigenvalue weighted by atomic mass is 10.1. The van der Waals surface area contributed by atoms with Crippen molar-refractivity contribution in [1.82, 2.24) is 9.88 Å². The van der Waals surface area contributed by atoms with Crippen LogP contribution in [0, 0.1) is 0 Å². The van der Waals surface area contributed by atoms with E-state index in [1.54, 1.807) is 14.2 Å². The molecule has 1 aromatic carbocycles. The first-order valence-electron chi connectivity index (χ1n) is 5.50. The molecule has 0 unspecified atom stereocenters. The maximum Gasteiger partial charge on any atom is 0.419 e. The molecule has 0 saturated heterocycles. The summed E-state index contributed by atoms with van der Waals surface area (Å²) >= 11 is 0. The molecule has 0 aliphatic heterocycles. The summed E-state index contributed by atoms with van der Waals surface area (Å²) in [6.07, 6.45) is 0.888. The normalized spacial score (nSPS) is 11.2. The summed E-state index contributed by atoms with van der Waals surface area (Å²) in [5, 5.41) is 3.14. The van der Waals surface area contributed by atoms with Gasteiger partial charge in [-0.2, -0.15) is 0 Å². The zero-order chi connectivity index (χ0) is 12.3. The van der Waals surface area contributed by atoms with Crippen LogP contribution in [0.3, 0.4) is 0 Å². The Morgan fingerprint density at radius 3 is 3.06 bits per heavy atom. The highest BCUT2D eigenvalue weighted by atomic mass is 16.5. The van der Waals surface area contributed by atoms with Gasteiger partial charge in [-0.15, -0.1) is 0 Å². The fourth-order valence-electron chi connectivity index (χ4n) is 1.73. The van der Waals surface area contributed by atoms with Gasteiger partial charge in [-0.05, 0) is 24.1 Å². The van der Waals surface area contributed by atoms with E-state index in [0.29, 0.717) is 12.3 Å². The van der Waals surface area contributed by atoms with Crippen LogP contribution in [0.1, 0.15) is 5.56 Å². The van der Waals surface area contributed by atoms with Gasteiger partial charge in [0.25, 0.3) is 0 Å². The lowest BCUT2D eigenvalue weighted by Gasteiger charge is -2.03. The van der Waals surface area contributed by atoms with Crippen LogP contribution in [0.4, 0.5) is 0 Å². The van der Waals surface area contributed by atoms with Crippen molar-refractivity contribution in [3.05, 3.63) is 34.3 Å². The summed E-state index contributed by atoms with van der Waals surface area (Å²) in [5.74, 6) is -0.324. The monoisotopic (exact) mass is 236 g/mol. The molecule has 0 fully saturated rings. The van der Waals surface area contributed by atoms with Crippen LogP contribution < -0.4 is 11.1 Å². The Kier molecular flexibility index (Phi) is 3.61. The molecule has 1 N–H and O–H groups in total. The Hall–Kier alpha value is -1.59. The first-order valence-corrected chi connectivity index (χ1v) is 5.50. The number of rotatable bonds is 5. The van der Waals surface area contributed by atoms with Crippen LogP contribution in [0.5, 0.6) is 0 Å². The largest absolute Gasteiger partial charge is 0.419 e. The summed E-state index contributed by atoms with van der Waals surface area (Å²) in [4.78, 5) is 11.3. The van der Waals surface area contributed by atoms with Gasteiger partial charge in [0.05, 0.1) is 12.2 Å². The Labute approximate surface area is 99.0 Å². The standard InChI is InChI=1S/C12H16N2O3/c1-14-10-7-9(5-6-13-8-16-2)3-4-11(10)17-12(14)15/h3-4,7,13H,5-6,8H2,1-2H3. The van der Waals surface area contributed by atoms with Gasteiger partial charge < -0.3 is 9.15 Å². The minimum Gasteiger partial charge on any atom is -0.408 e. The summed E-state index contributed by atoms with van der Waals surface area (Å²) < 4.78 is 11.5. The van der Waals surface area contributed by atoms with Crippen LogP contribution in [-0.4, -0.2) is 25.0 Å². The predicted octanol–water partition coefficient (Wildman–Crippen LogP) is 0.867. The van der Waals surface area contributed by atoms with Gasteiger partial charge in [0.1, 0.15) is 0 Å². The van der Waals surface area contributed by atoms with Crippen molar-refractivity contribution in [2.45, 2.75) is 6.42 Å². The van der Waals surface area contributed by atoms with Crippen LogP contribution in [0.25, 0.3) is 11.1 Å². The fraction of sp³-hybridized carbons (Fsp3) is 0.417. The number of oxazole rings is 1.